The minimum atomic E-state index is 0.659. The SMILES string of the molecule is Cc1ncc(CCN)cn1. The van der Waals surface area contributed by atoms with Gasteiger partial charge in [-0.25, -0.2) is 9.97 Å². The summed E-state index contributed by atoms with van der Waals surface area (Å²) in [4.78, 5) is 8.06. The Hall–Kier alpha value is -0.960. The number of rotatable bonds is 2. The number of aromatic nitrogens is 2. The van der Waals surface area contributed by atoms with Crippen molar-refractivity contribution in [3.63, 3.8) is 0 Å². The molecule has 0 saturated heterocycles. The second-order valence-corrected chi connectivity index (χ2v) is 2.18. The lowest BCUT2D eigenvalue weighted by atomic mass is 10.2. The summed E-state index contributed by atoms with van der Waals surface area (Å²) in [6.07, 6.45) is 4.49. The monoisotopic (exact) mass is 137 g/mol. The summed E-state index contributed by atoms with van der Waals surface area (Å²) in [5.41, 5.74) is 6.45. The van der Waals surface area contributed by atoms with Gasteiger partial charge in [-0.15, -0.1) is 0 Å². The van der Waals surface area contributed by atoms with Gasteiger partial charge in [0.2, 0.25) is 0 Å². The fourth-order valence-corrected chi connectivity index (χ4v) is 0.715. The predicted molar refractivity (Wildman–Crippen MR) is 39.5 cm³/mol. The molecule has 0 aliphatic heterocycles. The van der Waals surface area contributed by atoms with Crippen molar-refractivity contribution in [3.8, 4) is 0 Å². The van der Waals surface area contributed by atoms with Gasteiger partial charge in [-0.05, 0) is 25.5 Å². The van der Waals surface area contributed by atoms with Crippen molar-refractivity contribution in [2.24, 2.45) is 5.73 Å². The maximum absolute atomic E-state index is 5.34. The molecule has 0 aliphatic rings. The van der Waals surface area contributed by atoms with Crippen LogP contribution in [0.1, 0.15) is 11.4 Å². The smallest absolute Gasteiger partial charge is 0.125 e. The molecule has 1 aromatic rings. The van der Waals surface area contributed by atoms with Gasteiger partial charge in [0.1, 0.15) is 5.82 Å². The lowest BCUT2D eigenvalue weighted by molar-refractivity contribution is 0.924. The second kappa shape index (κ2) is 3.27. The number of nitrogens with two attached hydrogens (primary N) is 1. The van der Waals surface area contributed by atoms with Crippen LogP contribution in [0.25, 0.3) is 0 Å². The Bertz CT molecular complexity index is 193. The van der Waals surface area contributed by atoms with Gasteiger partial charge < -0.3 is 5.73 Å². The minimum Gasteiger partial charge on any atom is -0.330 e. The second-order valence-electron chi connectivity index (χ2n) is 2.18. The summed E-state index contributed by atoms with van der Waals surface area (Å²) in [5.74, 6) is 0.806. The molecule has 10 heavy (non-hydrogen) atoms. The lowest BCUT2D eigenvalue weighted by Gasteiger charge is -1.95. The molecular formula is C7H11N3. The summed E-state index contributed by atoms with van der Waals surface area (Å²) in [6, 6.07) is 0. The maximum Gasteiger partial charge on any atom is 0.125 e. The van der Waals surface area contributed by atoms with Crippen LogP contribution in [0.2, 0.25) is 0 Å². The zero-order valence-electron chi connectivity index (χ0n) is 6.04. The van der Waals surface area contributed by atoms with E-state index in [2.05, 4.69) is 9.97 Å². The molecule has 0 atom stereocenters. The topological polar surface area (TPSA) is 51.8 Å². The van der Waals surface area contributed by atoms with E-state index in [1.165, 1.54) is 0 Å². The molecule has 0 aromatic carbocycles. The third-order valence-corrected chi connectivity index (χ3v) is 1.27. The Labute approximate surface area is 60.3 Å². The van der Waals surface area contributed by atoms with Crippen LogP contribution in [0.5, 0.6) is 0 Å². The van der Waals surface area contributed by atoms with Gasteiger partial charge in [0.15, 0.2) is 0 Å². The van der Waals surface area contributed by atoms with Crippen molar-refractivity contribution in [2.75, 3.05) is 6.54 Å². The quantitative estimate of drug-likeness (QED) is 0.637. The molecule has 1 aromatic heterocycles. The van der Waals surface area contributed by atoms with E-state index < -0.39 is 0 Å². The number of aryl methyl sites for hydroxylation is 1. The number of nitrogens with zero attached hydrogens (tertiary/aromatic N) is 2. The Morgan fingerprint density at radius 3 is 2.50 bits per heavy atom. The van der Waals surface area contributed by atoms with Crippen LogP contribution in [0.15, 0.2) is 12.4 Å². The third-order valence-electron chi connectivity index (χ3n) is 1.27. The van der Waals surface area contributed by atoms with Crippen LogP contribution >= 0.6 is 0 Å². The van der Waals surface area contributed by atoms with E-state index in [0.29, 0.717) is 6.54 Å². The van der Waals surface area contributed by atoms with Crippen molar-refractivity contribution in [2.45, 2.75) is 13.3 Å². The highest BCUT2D eigenvalue weighted by Gasteiger charge is 1.90. The molecule has 0 saturated carbocycles. The van der Waals surface area contributed by atoms with Gasteiger partial charge in [0.25, 0.3) is 0 Å². The molecule has 0 spiro atoms. The van der Waals surface area contributed by atoms with E-state index in [-0.39, 0.29) is 0 Å². The first-order valence-electron chi connectivity index (χ1n) is 3.30. The van der Waals surface area contributed by atoms with Crippen molar-refractivity contribution < 1.29 is 0 Å². The van der Waals surface area contributed by atoms with Crippen LogP contribution in [-0.2, 0) is 6.42 Å². The highest BCUT2D eigenvalue weighted by Crippen LogP contribution is 1.94. The van der Waals surface area contributed by atoms with E-state index in [9.17, 15) is 0 Å². The van der Waals surface area contributed by atoms with Gasteiger partial charge in [-0.2, -0.15) is 0 Å². The van der Waals surface area contributed by atoms with Crippen LogP contribution in [0, 0.1) is 6.92 Å². The van der Waals surface area contributed by atoms with Crippen LogP contribution in [0.4, 0.5) is 0 Å². The normalized spacial score (nSPS) is 9.80. The first-order valence-corrected chi connectivity index (χ1v) is 3.30. The molecule has 3 nitrogen and oxygen atoms in total. The van der Waals surface area contributed by atoms with E-state index in [0.717, 1.165) is 17.8 Å². The molecule has 0 fully saturated rings. The van der Waals surface area contributed by atoms with E-state index in [4.69, 9.17) is 5.73 Å². The Morgan fingerprint density at radius 2 is 2.00 bits per heavy atom. The fraction of sp³-hybridized carbons (Fsp3) is 0.429. The minimum absolute atomic E-state index is 0.659. The first kappa shape index (κ1) is 7.15. The van der Waals surface area contributed by atoms with Crippen molar-refractivity contribution >= 4 is 0 Å². The van der Waals surface area contributed by atoms with E-state index in [1.807, 2.05) is 19.3 Å². The summed E-state index contributed by atoms with van der Waals surface area (Å²) in [6.45, 7) is 2.53. The lowest BCUT2D eigenvalue weighted by Crippen LogP contribution is -2.03. The first-order chi connectivity index (χ1) is 4.83. The van der Waals surface area contributed by atoms with Crippen LogP contribution in [-0.4, -0.2) is 16.5 Å². The highest BCUT2D eigenvalue weighted by molar-refractivity contribution is 5.04. The number of hydrogen-bond donors (Lipinski definition) is 1. The zero-order valence-corrected chi connectivity index (χ0v) is 6.04. The molecule has 1 rings (SSSR count). The van der Waals surface area contributed by atoms with Gasteiger partial charge in [-0.1, -0.05) is 0 Å². The maximum atomic E-state index is 5.34. The van der Waals surface area contributed by atoms with E-state index >= 15 is 0 Å². The average molecular weight is 137 g/mol. The summed E-state index contributed by atoms with van der Waals surface area (Å²) >= 11 is 0. The van der Waals surface area contributed by atoms with Crippen molar-refractivity contribution in [1.29, 1.82) is 0 Å². The fourth-order valence-electron chi connectivity index (χ4n) is 0.715. The average Bonchev–Trinajstić information content (AvgIpc) is 1.95. The molecule has 54 valence electrons. The predicted octanol–water partition coefficient (Wildman–Crippen LogP) is 0.286. The number of hydrogen-bond acceptors (Lipinski definition) is 3. The van der Waals surface area contributed by atoms with Gasteiger partial charge in [-0.3, -0.25) is 0 Å². The summed E-state index contributed by atoms with van der Waals surface area (Å²) in [7, 11) is 0. The largest absolute Gasteiger partial charge is 0.330 e. The van der Waals surface area contributed by atoms with Crippen LogP contribution in [0.3, 0.4) is 0 Å². The molecule has 2 N–H and O–H groups in total. The van der Waals surface area contributed by atoms with Gasteiger partial charge in [0.05, 0.1) is 0 Å². The molecular weight excluding hydrogens is 126 g/mol. The Kier molecular flexibility index (Phi) is 2.34. The molecule has 0 aliphatic carbocycles. The van der Waals surface area contributed by atoms with E-state index in [1.54, 1.807) is 0 Å². The summed E-state index contributed by atoms with van der Waals surface area (Å²) in [5, 5.41) is 0. The zero-order chi connectivity index (χ0) is 7.40. The Morgan fingerprint density at radius 1 is 1.40 bits per heavy atom. The Balaban J connectivity index is 2.69. The molecule has 1 heterocycles. The molecule has 0 radical (unpaired) electrons. The van der Waals surface area contributed by atoms with Gasteiger partial charge >= 0.3 is 0 Å². The highest BCUT2D eigenvalue weighted by atomic mass is 14.8. The standard InChI is InChI=1S/C7H11N3/c1-6-9-4-7(2-3-8)5-10-6/h4-5H,2-3,8H2,1H3. The third kappa shape index (κ3) is 1.77. The van der Waals surface area contributed by atoms with Crippen LogP contribution < -0.4 is 5.73 Å². The van der Waals surface area contributed by atoms with Crippen molar-refractivity contribution in [1.82, 2.24) is 9.97 Å². The summed E-state index contributed by atoms with van der Waals surface area (Å²) < 4.78 is 0. The van der Waals surface area contributed by atoms with Crippen molar-refractivity contribution in [3.05, 3.63) is 23.8 Å². The molecule has 0 amide bonds. The molecule has 3 heteroatoms. The van der Waals surface area contributed by atoms with Gasteiger partial charge in [0, 0.05) is 12.4 Å². The molecule has 0 unspecified atom stereocenters. The molecule has 0 bridgehead atoms.